The van der Waals surface area contributed by atoms with Gasteiger partial charge in [-0.1, -0.05) is 17.7 Å². The maximum absolute atomic E-state index is 11.4. The molecule has 2 aromatic carbocycles. The Hall–Kier alpha value is -2.36. The minimum absolute atomic E-state index is 0.173. The summed E-state index contributed by atoms with van der Waals surface area (Å²) in [5.41, 5.74) is 2.44. The number of carbonyl (C=O) groups is 1. The van der Waals surface area contributed by atoms with E-state index in [0.717, 1.165) is 42.6 Å². The van der Waals surface area contributed by atoms with Crippen molar-refractivity contribution in [1.29, 1.82) is 5.26 Å². The van der Waals surface area contributed by atoms with Crippen LogP contribution in [-0.4, -0.2) is 17.2 Å². The fourth-order valence-electron chi connectivity index (χ4n) is 3.08. The van der Waals surface area contributed by atoms with Gasteiger partial charge in [0.05, 0.1) is 27.9 Å². The van der Waals surface area contributed by atoms with E-state index in [4.69, 9.17) is 16.3 Å². The highest BCUT2D eigenvalue weighted by Gasteiger charge is 2.27. The van der Waals surface area contributed by atoms with Crippen LogP contribution in [0.3, 0.4) is 0 Å². The number of rotatable bonds is 7. The molecule has 0 aliphatic heterocycles. The van der Waals surface area contributed by atoms with E-state index in [2.05, 4.69) is 10.8 Å². The summed E-state index contributed by atoms with van der Waals surface area (Å²) in [6.45, 7) is 0. The molecule has 0 unspecified atom stereocenters. The highest BCUT2D eigenvalue weighted by atomic mass is 35.5. The van der Waals surface area contributed by atoms with E-state index in [1.165, 1.54) is 11.9 Å². The molecule has 2 aliphatic rings. The summed E-state index contributed by atoms with van der Waals surface area (Å²) in [4.78, 5) is 12.2. The van der Waals surface area contributed by atoms with Crippen molar-refractivity contribution in [3.8, 4) is 11.8 Å². The number of ether oxygens (including phenoxy) is 1. The van der Waals surface area contributed by atoms with Crippen LogP contribution in [0, 0.1) is 11.3 Å². The second-order valence-corrected chi connectivity index (χ2v) is 8.40. The third kappa shape index (κ3) is 4.06. The molecule has 0 radical (unpaired) electrons. The van der Waals surface area contributed by atoms with E-state index in [-0.39, 0.29) is 11.7 Å². The zero-order valence-corrected chi connectivity index (χ0v) is 16.6. The smallest absolute Gasteiger partial charge is 0.335 e. The zero-order chi connectivity index (χ0) is 19.7. The van der Waals surface area contributed by atoms with Crippen molar-refractivity contribution in [2.24, 2.45) is 0 Å². The molecule has 0 aromatic heterocycles. The molecule has 7 heteroatoms. The predicted octanol–water partition coefficient (Wildman–Crippen LogP) is 5.84. The molecule has 5 nitrogen and oxygen atoms in total. The molecule has 2 fully saturated rings. The Bertz CT molecular complexity index is 965. The summed E-state index contributed by atoms with van der Waals surface area (Å²) < 4.78 is 9.30. The maximum atomic E-state index is 11.4. The summed E-state index contributed by atoms with van der Waals surface area (Å²) >= 11 is 7.54. The predicted molar refractivity (Wildman–Crippen MR) is 109 cm³/mol. The Labute approximate surface area is 172 Å². The monoisotopic (exact) mass is 414 g/mol. The molecule has 2 saturated carbocycles. The second-order valence-electron chi connectivity index (χ2n) is 7.15. The maximum Gasteiger partial charge on any atom is 0.335 e. The van der Waals surface area contributed by atoms with Gasteiger partial charge in [-0.05, 0) is 73.7 Å². The average Bonchev–Trinajstić information content (AvgIpc) is 3.48. The first kappa shape index (κ1) is 19.0. The van der Waals surface area contributed by atoms with Gasteiger partial charge in [-0.2, -0.15) is 5.26 Å². The molecule has 0 bridgehead atoms. The number of carboxylic acid groups (broad SMARTS) is 1. The molecule has 0 spiro atoms. The first-order valence-corrected chi connectivity index (χ1v) is 10.4. The zero-order valence-electron chi connectivity index (χ0n) is 15.1. The molecule has 144 valence electrons. The van der Waals surface area contributed by atoms with Gasteiger partial charge in [-0.25, -0.2) is 4.79 Å². The fraction of sp³-hybridized carbons (Fsp3) is 0.333. The Morgan fingerprint density at radius 1 is 1.25 bits per heavy atom. The van der Waals surface area contributed by atoms with Gasteiger partial charge < -0.3 is 14.6 Å². The molecule has 0 amide bonds. The van der Waals surface area contributed by atoms with Gasteiger partial charge in [0.2, 0.25) is 0 Å². The standard InChI is InChI=1S/C21H19ClN2O3S/c22-17-10-19(27-15-2-1-3-15)18(8-14(17)11-23)24-28-20-9-13(21(25)26)6-7-16(20)12-4-5-12/h6-10,12,15,24H,1-5H2,(H,25,26). The van der Waals surface area contributed by atoms with E-state index in [1.807, 2.05) is 6.07 Å². The van der Waals surface area contributed by atoms with Gasteiger partial charge in [-0.15, -0.1) is 0 Å². The SMILES string of the molecule is N#Cc1cc(NSc2cc(C(=O)O)ccc2C2CC2)c(OC2CCC2)cc1Cl. The Morgan fingerprint density at radius 2 is 2.04 bits per heavy atom. The minimum atomic E-state index is -0.948. The molecule has 2 aliphatic carbocycles. The van der Waals surface area contributed by atoms with Gasteiger partial charge in [-0.3, -0.25) is 0 Å². The van der Waals surface area contributed by atoms with Crippen molar-refractivity contribution in [1.82, 2.24) is 0 Å². The van der Waals surface area contributed by atoms with E-state index in [9.17, 15) is 15.2 Å². The van der Waals surface area contributed by atoms with Crippen LogP contribution in [0.25, 0.3) is 0 Å². The third-order valence-electron chi connectivity index (χ3n) is 5.08. The molecule has 0 heterocycles. The van der Waals surface area contributed by atoms with E-state index in [1.54, 1.807) is 24.3 Å². The Morgan fingerprint density at radius 3 is 2.64 bits per heavy atom. The second kappa shape index (κ2) is 7.94. The normalized spacial score (nSPS) is 16.1. The fourth-order valence-corrected chi connectivity index (χ4v) is 4.20. The number of nitrogens with one attached hydrogen (secondary N) is 1. The van der Waals surface area contributed by atoms with Gasteiger partial charge >= 0.3 is 5.97 Å². The number of nitrogens with zero attached hydrogens (tertiary/aromatic N) is 1. The van der Waals surface area contributed by atoms with Gasteiger partial charge in [0, 0.05) is 11.0 Å². The van der Waals surface area contributed by atoms with Crippen LogP contribution in [0.4, 0.5) is 5.69 Å². The highest BCUT2D eigenvalue weighted by Crippen LogP contribution is 2.45. The highest BCUT2D eigenvalue weighted by molar-refractivity contribution is 8.00. The molecule has 0 saturated heterocycles. The van der Waals surface area contributed by atoms with E-state index < -0.39 is 5.97 Å². The summed E-state index contributed by atoms with van der Waals surface area (Å²) in [6, 6.07) is 10.7. The van der Waals surface area contributed by atoms with Gasteiger partial charge in [0.25, 0.3) is 0 Å². The minimum Gasteiger partial charge on any atom is -0.488 e. The van der Waals surface area contributed by atoms with Gasteiger partial charge in [0.15, 0.2) is 0 Å². The Kier molecular flexibility index (Phi) is 5.38. The quantitative estimate of drug-likeness (QED) is 0.554. The van der Waals surface area contributed by atoms with Gasteiger partial charge in [0.1, 0.15) is 11.8 Å². The van der Waals surface area contributed by atoms with Crippen LogP contribution in [0.15, 0.2) is 35.2 Å². The van der Waals surface area contributed by atoms with Crippen LogP contribution < -0.4 is 9.46 Å². The van der Waals surface area contributed by atoms with Crippen molar-refractivity contribution in [3.05, 3.63) is 52.0 Å². The van der Waals surface area contributed by atoms with Crippen molar-refractivity contribution >= 4 is 35.2 Å². The number of aromatic carboxylic acids is 1. The lowest BCUT2D eigenvalue weighted by molar-refractivity contribution is 0.0696. The lowest BCUT2D eigenvalue weighted by Crippen LogP contribution is -2.24. The molecular formula is C21H19ClN2O3S. The first-order chi connectivity index (χ1) is 13.5. The van der Waals surface area contributed by atoms with E-state index in [0.29, 0.717) is 27.9 Å². The first-order valence-electron chi connectivity index (χ1n) is 9.25. The molecular weight excluding hydrogens is 396 g/mol. The van der Waals surface area contributed by atoms with Crippen LogP contribution in [0.1, 0.15) is 59.5 Å². The number of nitriles is 1. The lowest BCUT2D eigenvalue weighted by Gasteiger charge is -2.27. The van der Waals surface area contributed by atoms with Crippen LogP contribution in [0.2, 0.25) is 5.02 Å². The molecule has 28 heavy (non-hydrogen) atoms. The number of benzene rings is 2. The van der Waals surface area contributed by atoms with E-state index >= 15 is 0 Å². The molecule has 2 aromatic rings. The molecule has 4 rings (SSSR count). The Balaban J connectivity index is 1.61. The van der Waals surface area contributed by atoms with Crippen molar-refractivity contribution in [3.63, 3.8) is 0 Å². The van der Waals surface area contributed by atoms with Crippen LogP contribution in [0.5, 0.6) is 5.75 Å². The number of hydrogen-bond donors (Lipinski definition) is 2. The molecule has 2 N–H and O–H groups in total. The lowest BCUT2D eigenvalue weighted by atomic mass is 9.96. The topological polar surface area (TPSA) is 82.4 Å². The number of hydrogen-bond acceptors (Lipinski definition) is 5. The number of halogens is 1. The van der Waals surface area contributed by atoms with Crippen molar-refractivity contribution in [2.75, 3.05) is 4.72 Å². The number of anilines is 1. The molecule has 0 atom stereocenters. The largest absolute Gasteiger partial charge is 0.488 e. The summed E-state index contributed by atoms with van der Waals surface area (Å²) in [7, 11) is 0. The van der Waals surface area contributed by atoms with Crippen molar-refractivity contribution in [2.45, 2.75) is 49.0 Å². The van der Waals surface area contributed by atoms with Crippen LogP contribution in [-0.2, 0) is 0 Å². The third-order valence-corrected chi connectivity index (χ3v) is 6.29. The number of carboxylic acids is 1. The van der Waals surface area contributed by atoms with Crippen LogP contribution >= 0.6 is 23.5 Å². The summed E-state index contributed by atoms with van der Waals surface area (Å²) in [6.07, 6.45) is 5.59. The summed E-state index contributed by atoms with van der Waals surface area (Å²) in [5, 5.41) is 19.0. The summed E-state index contributed by atoms with van der Waals surface area (Å²) in [5.74, 6) is 0.151. The average molecular weight is 415 g/mol. The van der Waals surface area contributed by atoms with Crippen molar-refractivity contribution < 1.29 is 14.6 Å².